The molecule has 0 radical (unpaired) electrons. The lowest BCUT2D eigenvalue weighted by Crippen LogP contribution is -2.40. The summed E-state index contributed by atoms with van der Waals surface area (Å²) in [4.78, 5) is 14.1. The Balaban J connectivity index is 1.59. The van der Waals surface area contributed by atoms with E-state index in [-0.39, 0.29) is 28.3 Å². The Kier molecular flexibility index (Phi) is 4.95. The zero-order valence-corrected chi connectivity index (χ0v) is 13.7. The molecule has 1 aromatic heterocycles. The Labute approximate surface area is 138 Å². The zero-order valence-electron chi connectivity index (χ0n) is 12.9. The van der Waals surface area contributed by atoms with E-state index in [2.05, 4.69) is 17.1 Å². The van der Waals surface area contributed by atoms with Crippen LogP contribution in [0.4, 0.5) is 4.39 Å². The predicted octanol–water partition coefficient (Wildman–Crippen LogP) is 3.23. The van der Waals surface area contributed by atoms with Gasteiger partial charge in [0.05, 0.1) is 11.3 Å². The molecular formula is C16H18FN3O2S. The number of piperidine rings is 1. The molecule has 0 N–H and O–H groups in total. The second-order valence-electron chi connectivity index (χ2n) is 5.73. The van der Waals surface area contributed by atoms with Crippen molar-refractivity contribution in [3.05, 3.63) is 30.1 Å². The summed E-state index contributed by atoms with van der Waals surface area (Å²) in [6.45, 7) is 3.78. The standard InChI is InChI=1S/C16H18FN3O2S/c1-11-5-4-8-20(9-11)14(21)10-23-16-19-18-15(22-16)12-6-2-3-7-13(12)17/h2-3,6-7,11H,4-5,8-10H2,1H3/t11-/m0/s1. The molecule has 1 fully saturated rings. The maximum absolute atomic E-state index is 13.7. The molecule has 0 spiro atoms. The second-order valence-corrected chi connectivity index (χ2v) is 6.66. The third-order valence-corrected chi connectivity index (χ3v) is 4.64. The third-order valence-electron chi connectivity index (χ3n) is 3.84. The van der Waals surface area contributed by atoms with Crippen molar-refractivity contribution < 1.29 is 13.6 Å². The van der Waals surface area contributed by atoms with Crippen LogP contribution in [0.15, 0.2) is 33.9 Å². The Hall–Kier alpha value is -1.89. The third kappa shape index (κ3) is 3.90. The van der Waals surface area contributed by atoms with E-state index < -0.39 is 5.82 Å². The Morgan fingerprint density at radius 2 is 2.26 bits per heavy atom. The SMILES string of the molecule is C[C@H]1CCCN(C(=O)CSc2nnc(-c3ccccc3F)o2)C1. The summed E-state index contributed by atoms with van der Waals surface area (Å²) in [5.74, 6) is 0.600. The average molecular weight is 335 g/mol. The normalized spacial score (nSPS) is 18.2. The van der Waals surface area contributed by atoms with Crippen LogP contribution >= 0.6 is 11.8 Å². The number of thioether (sulfide) groups is 1. The van der Waals surface area contributed by atoms with Gasteiger partial charge in [0.15, 0.2) is 0 Å². The van der Waals surface area contributed by atoms with Gasteiger partial charge in [0, 0.05) is 13.1 Å². The lowest BCUT2D eigenvalue weighted by atomic mass is 10.0. The first-order valence-electron chi connectivity index (χ1n) is 7.62. The van der Waals surface area contributed by atoms with Crippen molar-refractivity contribution in [1.29, 1.82) is 0 Å². The van der Waals surface area contributed by atoms with Gasteiger partial charge < -0.3 is 9.32 Å². The minimum Gasteiger partial charge on any atom is -0.411 e. The van der Waals surface area contributed by atoms with Crippen molar-refractivity contribution >= 4 is 17.7 Å². The lowest BCUT2D eigenvalue weighted by molar-refractivity contribution is -0.130. The van der Waals surface area contributed by atoms with Crippen molar-refractivity contribution in [3.8, 4) is 11.5 Å². The molecule has 7 heteroatoms. The van der Waals surface area contributed by atoms with Crippen LogP contribution in [0, 0.1) is 11.7 Å². The fraction of sp³-hybridized carbons (Fsp3) is 0.438. The summed E-state index contributed by atoms with van der Waals surface area (Å²) >= 11 is 1.19. The number of hydrogen-bond acceptors (Lipinski definition) is 5. The predicted molar refractivity (Wildman–Crippen MR) is 85.4 cm³/mol. The van der Waals surface area contributed by atoms with Gasteiger partial charge in [-0.05, 0) is 30.9 Å². The van der Waals surface area contributed by atoms with E-state index in [9.17, 15) is 9.18 Å². The minimum absolute atomic E-state index is 0.0761. The molecule has 1 aliphatic rings. The first-order valence-corrected chi connectivity index (χ1v) is 8.61. The van der Waals surface area contributed by atoms with Crippen molar-refractivity contribution in [2.24, 2.45) is 5.92 Å². The number of nitrogens with zero attached hydrogens (tertiary/aromatic N) is 3. The number of aromatic nitrogens is 2. The Morgan fingerprint density at radius 3 is 3.04 bits per heavy atom. The molecule has 2 heterocycles. The fourth-order valence-electron chi connectivity index (χ4n) is 2.64. The Morgan fingerprint density at radius 1 is 1.43 bits per heavy atom. The molecule has 0 aliphatic carbocycles. The van der Waals surface area contributed by atoms with Gasteiger partial charge in [-0.2, -0.15) is 0 Å². The van der Waals surface area contributed by atoms with Crippen LogP contribution in [0.25, 0.3) is 11.5 Å². The molecule has 1 atom stereocenters. The minimum atomic E-state index is -0.411. The van der Waals surface area contributed by atoms with E-state index in [4.69, 9.17) is 4.42 Å². The molecule has 1 aliphatic heterocycles. The summed E-state index contributed by atoms with van der Waals surface area (Å²) < 4.78 is 19.1. The average Bonchev–Trinajstić information content (AvgIpc) is 3.02. The number of carbonyl (C=O) groups is 1. The van der Waals surface area contributed by atoms with Gasteiger partial charge in [-0.15, -0.1) is 10.2 Å². The summed E-state index contributed by atoms with van der Waals surface area (Å²) in [6.07, 6.45) is 2.22. The second kappa shape index (κ2) is 7.12. The Bertz CT molecular complexity index is 691. The number of carbonyl (C=O) groups excluding carboxylic acids is 1. The van der Waals surface area contributed by atoms with Gasteiger partial charge >= 0.3 is 0 Å². The van der Waals surface area contributed by atoms with Crippen LogP contribution in [-0.4, -0.2) is 39.8 Å². The van der Waals surface area contributed by atoms with E-state index in [1.54, 1.807) is 18.2 Å². The lowest BCUT2D eigenvalue weighted by Gasteiger charge is -2.30. The maximum Gasteiger partial charge on any atom is 0.277 e. The highest BCUT2D eigenvalue weighted by Crippen LogP contribution is 2.25. The first-order chi connectivity index (χ1) is 11.1. The van der Waals surface area contributed by atoms with Crippen molar-refractivity contribution in [2.75, 3.05) is 18.8 Å². The smallest absolute Gasteiger partial charge is 0.277 e. The van der Waals surface area contributed by atoms with Crippen LogP contribution in [0.3, 0.4) is 0 Å². The molecule has 1 saturated heterocycles. The van der Waals surface area contributed by atoms with Gasteiger partial charge in [-0.25, -0.2) is 4.39 Å². The van der Waals surface area contributed by atoms with Gasteiger partial charge in [0.1, 0.15) is 5.82 Å². The van der Waals surface area contributed by atoms with Crippen molar-refractivity contribution in [3.63, 3.8) is 0 Å². The molecule has 0 bridgehead atoms. The zero-order chi connectivity index (χ0) is 16.2. The number of amides is 1. The molecule has 1 aromatic carbocycles. The number of hydrogen-bond donors (Lipinski definition) is 0. The highest BCUT2D eigenvalue weighted by molar-refractivity contribution is 7.99. The molecule has 23 heavy (non-hydrogen) atoms. The van der Waals surface area contributed by atoms with E-state index in [1.807, 2.05) is 4.90 Å². The number of rotatable bonds is 4. The number of likely N-dealkylation sites (tertiary alicyclic amines) is 1. The van der Waals surface area contributed by atoms with E-state index in [1.165, 1.54) is 24.2 Å². The summed E-state index contributed by atoms with van der Waals surface area (Å²) in [5, 5.41) is 8.00. The number of benzene rings is 1. The van der Waals surface area contributed by atoms with E-state index >= 15 is 0 Å². The molecular weight excluding hydrogens is 317 g/mol. The molecule has 0 saturated carbocycles. The van der Waals surface area contributed by atoms with Crippen LogP contribution in [0.2, 0.25) is 0 Å². The summed E-state index contributed by atoms with van der Waals surface area (Å²) in [6, 6.07) is 6.23. The van der Waals surface area contributed by atoms with Crippen LogP contribution in [-0.2, 0) is 4.79 Å². The quantitative estimate of drug-likeness (QED) is 0.803. The maximum atomic E-state index is 13.7. The van der Waals surface area contributed by atoms with Crippen LogP contribution < -0.4 is 0 Å². The largest absolute Gasteiger partial charge is 0.411 e. The highest BCUT2D eigenvalue weighted by Gasteiger charge is 2.22. The number of halogens is 1. The van der Waals surface area contributed by atoms with Crippen molar-refractivity contribution in [2.45, 2.75) is 25.0 Å². The van der Waals surface area contributed by atoms with E-state index in [0.29, 0.717) is 5.92 Å². The van der Waals surface area contributed by atoms with Gasteiger partial charge in [-0.1, -0.05) is 30.8 Å². The molecule has 122 valence electrons. The monoisotopic (exact) mass is 335 g/mol. The summed E-state index contributed by atoms with van der Waals surface area (Å²) in [7, 11) is 0. The van der Waals surface area contributed by atoms with Gasteiger partial charge in [0.25, 0.3) is 11.1 Å². The van der Waals surface area contributed by atoms with Gasteiger partial charge in [0.2, 0.25) is 5.91 Å². The molecule has 5 nitrogen and oxygen atoms in total. The summed E-state index contributed by atoms with van der Waals surface area (Å²) in [5.41, 5.74) is 0.267. The van der Waals surface area contributed by atoms with Crippen molar-refractivity contribution in [1.82, 2.24) is 15.1 Å². The van der Waals surface area contributed by atoms with Gasteiger partial charge in [-0.3, -0.25) is 4.79 Å². The molecule has 1 amide bonds. The van der Waals surface area contributed by atoms with E-state index in [0.717, 1.165) is 19.5 Å². The topological polar surface area (TPSA) is 59.2 Å². The molecule has 0 unspecified atom stereocenters. The fourth-order valence-corrected chi connectivity index (χ4v) is 3.31. The van der Waals surface area contributed by atoms with Crippen LogP contribution in [0.1, 0.15) is 19.8 Å². The first kappa shape index (κ1) is 16.0. The molecule has 3 rings (SSSR count). The highest BCUT2D eigenvalue weighted by atomic mass is 32.2. The molecule has 2 aromatic rings. The van der Waals surface area contributed by atoms with Crippen LogP contribution in [0.5, 0.6) is 0 Å².